The van der Waals surface area contributed by atoms with Crippen molar-refractivity contribution in [2.75, 3.05) is 4.72 Å². The summed E-state index contributed by atoms with van der Waals surface area (Å²) in [6.07, 6.45) is 0. The predicted octanol–water partition coefficient (Wildman–Crippen LogP) is 0.293. The van der Waals surface area contributed by atoms with E-state index < -0.39 is 16.3 Å². The zero-order valence-corrected chi connectivity index (χ0v) is 9.46. The number of carbonyl (C=O) groups excluding carboxylic acids is 1. The van der Waals surface area contributed by atoms with Gasteiger partial charge in [-0.2, -0.15) is 13.5 Å². The Kier molecular flexibility index (Phi) is 3.20. The second kappa shape index (κ2) is 4.07. The largest absolute Gasteiger partial charge is 0.411 e. The first-order chi connectivity index (χ1) is 6.80. The average molecular weight is 254 g/mol. The van der Waals surface area contributed by atoms with Crippen molar-refractivity contribution in [3.05, 3.63) is 11.2 Å². The van der Waals surface area contributed by atoms with Gasteiger partial charge in [-0.1, -0.05) is 11.6 Å². The van der Waals surface area contributed by atoms with E-state index >= 15 is 0 Å². The van der Waals surface area contributed by atoms with Crippen LogP contribution >= 0.6 is 11.6 Å². The van der Waals surface area contributed by atoms with E-state index in [0.29, 0.717) is 0 Å². The van der Waals surface area contributed by atoms with Crippen LogP contribution in [0.15, 0.2) is 6.07 Å². The number of nitrogens with zero attached hydrogens (tertiary/aromatic N) is 2. The van der Waals surface area contributed by atoms with Gasteiger partial charge in [-0.3, -0.25) is 9.48 Å². The highest BCUT2D eigenvalue weighted by Gasteiger charge is 2.16. The zero-order valence-electron chi connectivity index (χ0n) is 7.89. The van der Waals surface area contributed by atoms with Crippen LogP contribution in [0, 0.1) is 0 Å². The van der Waals surface area contributed by atoms with Crippen LogP contribution in [0.4, 0.5) is 5.82 Å². The molecule has 0 bridgehead atoms. The molecule has 0 fully saturated rings. The summed E-state index contributed by atoms with van der Waals surface area (Å²) in [6.45, 7) is 0.982. The molecule has 0 radical (unpaired) electrons. The first kappa shape index (κ1) is 11.8. The van der Waals surface area contributed by atoms with Crippen LogP contribution in [-0.4, -0.2) is 24.2 Å². The second-order valence-electron chi connectivity index (χ2n) is 2.61. The van der Waals surface area contributed by atoms with Gasteiger partial charge in [0.25, 0.3) is 0 Å². The first-order valence-electron chi connectivity index (χ1n) is 3.72. The van der Waals surface area contributed by atoms with E-state index in [9.17, 15) is 13.2 Å². The summed E-state index contributed by atoms with van der Waals surface area (Å²) in [6, 6.07) is 1.28. The Morgan fingerprint density at radius 2 is 2.27 bits per heavy atom. The third-order valence-electron chi connectivity index (χ3n) is 1.31. The molecule has 0 aliphatic heterocycles. The van der Waals surface area contributed by atoms with Crippen LogP contribution in [0.2, 0.25) is 5.15 Å². The lowest BCUT2D eigenvalue weighted by Gasteiger charge is -2.05. The van der Waals surface area contributed by atoms with E-state index in [-0.39, 0.29) is 11.0 Å². The van der Waals surface area contributed by atoms with Crippen LogP contribution in [0.3, 0.4) is 0 Å². The van der Waals surface area contributed by atoms with Crippen LogP contribution in [-0.2, 0) is 26.3 Å². The Bertz CT molecular complexity index is 481. The molecule has 0 aliphatic rings. The van der Waals surface area contributed by atoms with E-state index in [1.807, 2.05) is 4.72 Å². The quantitative estimate of drug-likeness (QED) is 0.836. The molecule has 15 heavy (non-hydrogen) atoms. The Hall–Kier alpha value is -1.28. The van der Waals surface area contributed by atoms with Gasteiger partial charge >= 0.3 is 16.3 Å². The normalized spacial score (nSPS) is 11.1. The van der Waals surface area contributed by atoms with Gasteiger partial charge in [0.1, 0.15) is 5.82 Å². The fourth-order valence-corrected chi connectivity index (χ4v) is 1.85. The van der Waals surface area contributed by atoms with Crippen molar-refractivity contribution >= 4 is 33.7 Å². The lowest BCUT2D eigenvalue weighted by Crippen LogP contribution is -2.20. The van der Waals surface area contributed by atoms with E-state index in [1.165, 1.54) is 17.8 Å². The minimum atomic E-state index is -4.16. The van der Waals surface area contributed by atoms with Crippen LogP contribution in [0.25, 0.3) is 0 Å². The van der Waals surface area contributed by atoms with Gasteiger partial charge in [-0.05, 0) is 0 Å². The molecule has 0 spiro atoms. The molecule has 1 rings (SSSR count). The molecule has 0 saturated carbocycles. The van der Waals surface area contributed by atoms with Crippen molar-refractivity contribution < 1.29 is 17.4 Å². The fourth-order valence-electron chi connectivity index (χ4n) is 0.831. The van der Waals surface area contributed by atoms with E-state index in [2.05, 4.69) is 9.28 Å². The third kappa shape index (κ3) is 3.40. The van der Waals surface area contributed by atoms with E-state index in [0.717, 1.165) is 6.92 Å². The first-order valence-corrected chi connectivity index (χ1v) is 5.51. The summed E-state index contributed by atoms with van der Waals surface area (Å²) in [5.74, 6) is -0.836. The number of hydrogen-bond donors (Lipinski definition) is 1. The van der Waals surface area contributed by atoms with Crippen molar-refractivity contribution in [1.82, 2.24) is 9.78 Å². The summed E-state index contributed by atoms with van der Waals surface area (Å²) in [5.41, 5.74) is 0. The number of carbonyl (C=O) groups is 1. The summed E-state index contributed by atoms with van der Waals surface area (Å²) < 4.78 is 29.5. The van der Waals surface area contributed by atoms with Crippen molar-refractivity contribution in [3.63, 3.8) is 0 Å². The van der Waals surface area contributed by atoms with Gasteiger partial charge in [-0.15, -0.1) is 0 Å². The minimum Gasteiger partial charge on any atom is -0.330 e. The van der Waals surface area contributed by atoms with Crippen molar-refractivity contribution in [2.45, 2.75) is 6.92 Å². The predicted molar refractivity (Wildman–Crippen MR) is 52.5 cm³/mol. The lowest BCUT2D eigenvalue weighted by molar-refractivity contribution is -0.131. The van der Waals surface area contributed by atoms with Crippen molar-refractivity contribution in [3.8, 4) is 0 Å². The second-order valence-corrected chi connectivity index (χ2v) is 4.27. The third-order valence-corrected chi connectivity index (χ3v) is 2.40. The number of aromatic nitrogens is 2. The van der Waals surface area contributed by atoms with Gasteiger partial charge in [0.05, 0.1) is 0 Å². The molecule has 0 saturated heterocycles. The summed E-state index contributed by atoms with van der Waals surface area (Å²) in [5, 5.41) is 3.81. The number of hydrogen-bond acceptors (Lipinski definition) is 5. The number of rotatable bonds is 3. The highest BCUT2D eigenvalue weighted by atomic mass is 35.5. The van der Waals surface area contributed by atoms with Crippen LogP contribution < -0.4 is 4.72 Å². The Labute approximate surface area is 91.2 Å². The maximum absolute atomic E-state index is 11.1. The molecular weight excluding hydrogens is 246 g/mol. The number of aryl methyl sites for hydroxylation is 1. The lowest BCUT2D eigenvalue weighted by atomic mass is 10.7. The standard InChI is InChI=1S/C6H8ClN3O4S/c1-4(11)14-15(12,13)9-6-3-5(7)8-10(6)2/h3,9H,1-2H3. The molecule has 9 heteroatoms. The molecule has 1 heterocycles. The molecule has 0 atom stereocenters. The smallest absolute Gasteiger partial charge is 0.330 e. The highest BCUT2D eigenvalue weighted by Crippen LogP contribution is 2.14. The SMILES string of the molecule is CC(=O)OS(=O)(=O)Nc1cc(Cl)nn1C. The van der Waals surface area contributed by atoms with Gasteiger partial charge < -0.3 is 4.18 Å². The van der Waals surface area contributed by atoms with Gasteiger partial charge in [0.15, 0.2) is 5.15 Å². The maximum atomic E-state index is 11.1. The summed E-state index contributed by atoms with van der Waals surface area (Å²) in [4.78, 5) is 10.4. The molecule has 0 aromatic carbocycles. The molecule has 1 aromatic heterocycles. The molecule has 1 N–H and O–H groups in total. The van der Waals surface area contributed by atoms with Gasteiger partial charge in [0, 0.05) is 20.0 Å². The fraction of sp³-hybridized carbons (Fsp3) is 0.333. The summed E-state index contributed by atoms with van der Waals surface area (Å²) in [7, 11) is -2.68. The van der Waals surface area contributed by atoms with Crippen molar-refractivity contribution in [2.24, 2.45) is 7.05 Å². The molecule has 0 amide bonds. The van der Waals surface area contributed by atoms with E-state index in [1.54, 1.807) is 0 Å². The molecular formula is C6H8ClN3O4S. The maximum Gasteiger partial charge on any atom is 0.411 e. The topological polar surface area (TPSA) is 90.3 Å². The molecule has 7 nitrogen and oxygen atoms in total. The number of nitrogens with one attached hydrogen (secondary N) is 1. The van der Waals surface area contributed by atoms with Gasteiger partial charge in [-0.25, -0.2) is 4.72 Å². The average Bonchev–Trinajstić information content (AvgIpc) is 2.25. The highest BCUT2D eigenvalue weighted by molar-refractivity contribution is 7.88. The number of anilines is 1. The Morgan fingerprint density at radius 1 is 1.67 bits per heavy atom. The molecule has 0 unspecified atom stereocenters. The van der Waals surface area contributed by atoms with Crippen molar-refractivity contribution in [1.29, 1.82) is 0 Å². The monoisotopic (exact) mass is 253 g/mol. The Morgan fingerprint density at radius 3 is 2.67 bits per heavy atom. The summed E-state index contributed by atoms with van der Waals surface area (Å²) >= 11 is 5.53. The molecule has 0 aliphatic carbocycles. The van der Waals surface area contributed by atoms with E-state index in [4.69, 9.17) is 11.6 Å². The Balaban J connectivity index is 2.86. The number of halogens is 1. The van der Waals surface area contributed by atoms with Crippen LogP contribution in [0.1, 0.15) is 6.92 Å². The zero-order chi connectivity index (χ0) is 11.6. The van der Waals surface area contributed by atoms with Crippen LogP contribution in [0.5, 0.6) is 0 Å². The van der Waals surface area contributed by atoms with Gasteiger partial charge in [0.2, 0.25) is 0 Å². The molecule has 84 valence electrons. The minimum absolute atomic E-state index is 0.0984. The molecule has 1 aromatic rings.